The Labute approximate surface area is 98.1 Å². The number of allylic oxidation sites excluding steroid dienone is 4. The lowest BCUT2D eigenvalue weighted by atomic mass is 9.92. The molecule has 1 aromatic rings. The smallest absolute Gasteiger partial charge is 0.0405 e. The van der Waals surface area contributed by atoms with E-state index in [0.29, 0.717) is 5.92 Å². The van der Waals surface area contributed by atoms with Gasteiger partial charge in [-0.1, -0.05) is 36.8 Å². The van der Waals surface area contributed by atoms with Gasteiger partial charge in [0.1, 0.15) is 0 Å². The van der Waals surface area contributed by atoms with Crippen LogP contribution in [0.3, 0.4) is 0 Å². The summed E-state index contributed by atoms with van der Waals surface area (Å²) in [6, 6.07) is 10.5. The molecule has 16 heavy (non-hydrogen) atoms. The van der Waals surface area contributed by atoms with Gasteiger partial charge in [-0.25, -0.2) is 0 Å². The summed E-state index contributed by atoms with van der Waals surface area (Å²) in [7, 11) is 2.14. The molecule has 1 aliphatic carbocycles. The zero-order chi connectivity index (χ0) is 11.5. The zero-order valence-corrected chi connectivity index (χ0v) is 10.3. The molecule has 0 fully saturated rings. The number of rotatable bonds is 2. The van der Waals surface area contributed by atoms with Gasteiger partial charge in [0.25, 0.3) is 0 Å². The van der Waals surface area contributed by atoms with Crippen molar-refractivity contribution in [1.29, 1.82) is 0 Å². The minimum Gasteiger partial charge on any atom is -0.348 e. The number of hydrogen-bond acceptors (Lipinski definition) is 1. The lowest BCUT2D eigenvalue weighted by Gasteiger charge is -2.28. The molecule has 1 atom stereocenters. The van der Waals surface area contributed by atoms with Gasteiger partial charge in [0.15, 0.2) is 0 Å². The number of anilines is 1. The minimum atomic E-state index is 0.658. The summed E-state index contributed by atoms with van der Waals surface area (Å²) in [5, 5.41) is 0. The Morgan fingerprint density at radius 3 is 2.44 bits per heavy atom. The van der Waals surface area contributed by atoms with Gasteiger partial charge in [-0.15, -0.1) is 0 Å². The van der Waals surface area contributed by atoms with Crippen LogP contribution < -0.4 is 4.90 Å². The highest BCUT2D eigenvalue weighted by Crippen LogP contribution is 2.28. The van der Waals surface area contributed by atoms with Gasteiger partial charge < -0.3 is 4.90 Å². The first-order chi connectivity index (χ1) is 7.68. The predicted molar refractivity (Wildman–Crippen MR) is 70.5 cm³/mol. The fourth-order valence-corrected chi connectivity index (χ4v) is 2.00. The first-order valence-electron chi connectivity index (χ1n) is 5.84. The normalized spacial score (nSPS) is 20.1. The molecule has 1 aromatic carbocycles. The summed E-state index contributed by atoms with van der Waals surface area (Å²) >= 11 is 0. The largest absolute Gasteiger partial charge is 0.348 e. The van der Waals surface area contributed by atoms with Crippen LogP contribution in [-0.2, 0) is 0 Å². The zero-order valence-electron chi connectivity index (χ0n) is 10.3. The van der Waals surface area contributed by atoms with Crippen LogP contribution in [0.4, 0.5) is 5.69 Å². The van der Waals surface area contributed by atoms with Gasteiger partial charge >= 0.3 is 0 Å². The van der Waals surface area contributed by atoms with Crippen molar-refractivity contribution in [2.75, 3.05) is 11.9 Å². The van der Waals surface area contributed by atoms with Gasteiger partial charge in [-0.2, -0.15) is 0 Å². The van der Waals surface area contributed by atoms with Crippen LogP contribution in [0.15, 0.2) is 53.8 Å². The maximum absolute atomic E-state index is 2.29. The summed E-state index contributed by atoms with van der Waals surface area (Å²) in [5.41, 5.74) is 4.13. The van der Waals surface area contributed by atoms with E-state index in [4.69, 9.17) is 0 Å². The predicted octanol–water partition coefficient (Wildman–Crippen LogP) is 3.99. The maximum atomic E-state index is 2.29. The van der Waals surface area contributed by atoms with Crippen molar-refractivity contribution in [2.45, 2.75) is 20.3 Å². The molecule has 0 bridgehead atoms. The van der Waals surface area contributed by atoms with E-state index >= 15 is 0 Å². The van der Waals surface area contributed by atoms with Crippen molar-refractivity contribution in [3.05, 3.63) is 53.8 Å². The molecule has 0 aromatic heterocycles. The van der Waals surface area contributed by atoms with E-state index in [9.17, 15) is 0 Å². The van der Waals surface area contributed by atoms with Crippen molar-refractivity contribution in [2.24, 2.45) is 5.92 Å². The molecular formula is C15H19N. The van der Waals surface area contributed by atoms with Crippen molar-refractivity contribution in [3.8, 4) is 0 Å². The summed E-state index contributed by atoms with van der Waals surface area (Å²) < 4.78 is 0. The standard InChI is InChI=1S/C15H19N/c1-12-9-10-15(11-13(12)2)16(3)14-7-5-4-6-8-14/h4-10,13H,11H2,1-3H3. The number of benzene rings is 1. The van der Waals surface area contributed by atoms with Crippen molar-refractivity contribution in [3.63, 3.8) is 0 Å². The molecule has 0 saturated heterocycles. The SMILES string of the molecule is CC1=CC=C(N(C)c2ccccc2)CC1C. The quantitative estimate of drug-likeness (QED) is 0.718. The molecule has 0 amide bonds. The molecule has 1 heteroatoms. The van der Waals surface area contributed by atoms with Gasteiger partial charge in [-0.3, -0.25) is 0 Å². The molecule has 2 rings (SSSR count). The van der Waals surface area contributed by atoms with Crippen LogP contribution in [0, 0.1) is 5.92 Å². The Kier molecular flexibility index (Phi) is 3.14. The van der Waals surface area contributed by atoms with Crippen molar-refractivity contribution < 1.29 is 0 Å². The van der Waals surface area contributed by atoms with Crippen molar-refractivity contribution >= 4 is 5.69 Å². The second-order valence-electron chi connectivity index (χ2n) is 4.57. The molecule has 0 N–H and O–H groups in total. The highest BCUT2D eigenvalue weighted by atomic mass is 15.1. The highest BCUT2D eigenvalue weighted by molar-refractivity contribution is 5.52. The van der Waals surface area contributed by atoms with Crippen LogP contribution in [0.2, 0.25) is 0 Å². The van der Waals surface area contributed by atoms with Crippen LogP contribution in [0.1, 0.15) is 20.3 Å². The molecule has 0 aliphatic heterocycles. The summed E-state index contributed by atoms with van der Waals surface area (Å²) in [6.07, 6.45) is 5.61. The molecule has 1 aliphatic rings. The molecule has 1 nitrogen and oxygen atoms in total. The second-order valence-corrected chi connectivity index (χ2v) is 4.57. The average Bonchev–Trinajstić information content (AvgIpc) is 2.33. The molecule has 84 valence electrons. The lowest BCUT2D eigenvalue weighted by molar-refractivity contribution is 0.649. The van der Waals surface area contributed by atoms with Crippen LogP contribution in [-0.4, -0.2) is 7.05 Å². The lowest BCUT2D eigenvalue weighted by Crippen LogP contribution is -2.20. The Morgan fingerprint density at radius 1 is 1.12 bits per heavy atom. The van der Waals surface area contributed by atoms with Crippen LogP contribution >= 0.6 is 0 Å². The summed E-state index contributed by atoms with van der Waals surface area (Å²) in [5.74, 6) is 0.658. The van der Waals surface area contributed by atoms with E-state index in [1.165, 1.54) is 17.0 Å². The minimum absolute atomic E-state index is 0.658. The molecule has 0 radical (unpaired) electrons. The first kappa shape index (κ1) is 11.0. The Bertz CT molecular complexity index is 414. The highest BCUT2D eigenvalue weighted by Gasteiger charge is 2.15. The van der Waals surface area contributed by atoms with E-state index in [0.717, 1.165) is 6.42 Å². The van der Waals surface area contributed by atoms with Gasteiger partial charge in [0, 0.05) is 18.4 Å². The Hall–Kier alpha value is -1.50. The summed E-state index contributed by atoms with van der Waals surface area (Å²) in [6.45, 7) is 4.50. The molecule has 0 saturated carbocycles. The van der Waals surface area contributed by atoms with Crippen LogP contribution in [0.25, 0.3) is 0 Å². The van der Waals surface area contributed by atoms with E-state index in [2.05, 4.69) is 68.3 Å². The maximum Gasteiger partial charge on any atom is 0.0405 e. The van der Waals surface area contributed by atoms with E-state index in [1.54, 1.807) is 0 Å². The monoisotopic (exact) mass is 213 g/mol. The summed E-state index contributed by atoms with van der Waals surface area (Å²) in [4.78, 5) is 2.28. The van der Waals surface area contributed by atoms with Crippen LogP contribution in [0.5, 0.6) is 0 Å². The van der Waals surface area contributed by atoms with Gasteiger partial charge in [-0.05, 0) is 37.5 Å². The molecule has 0 heterocycles. The Balaban J connectivity index is 2.21. The van der Waals surface area contributed by atoms with Crippen molar-refractivity contribution in [1.82, 2.24) is 0 Å². The Morgan fingerprint density at radius 2 is 1.81 bits per heavy atom. The third kappa shape index (κ3) is 2.19. The topological polar surface area (TPSA) is 3.24 Å². The first-order valence-corrected chi connectivity index (χ1v) is 5.84. The fraction of sp³-hybridized carbons (Fsp3) is 0.333. The van der Waals surface area contributed by atoms with Gasteiger partial charge in [0.2, 0.25) is 0 Å². The third-order valence-electron chi connectivity index (χ3n) is 3.41. The second kappa shape index (κ2) is 4.56. The van der Waals surface area contributed by atoms with E-state index in [1.807, 2.05) is 0 Å². The van der Waals surface area contributed by atoms with E-state index < -0.39 is 0 Å². The molecular weight excluding hydrogens is 194 g/mol. The average molecular weight is 213 g/mol. The van der Waals surface area contributed by atoms with E-state index in [-0.39, 0.29) is 0 Å². The number of nitrogens with zero attached hydrogens (tertiary/aromatic N) is 1. The fourth-order valence-electron chi connectivity index (χ4n) is 2.00. The molecule has 1 unspecified atom stereocenters. The number of hydrogen-bond donors (Lipinski definition) is 0. The third-order valence-corrected chi connectivity index (χ3v) is 3.41. The van der Waals surface area contributed by atoms with Gasteiger partial charge in [0.05, 0.1) is 0 Å². The molecule has 0 spiro atoms. The number of para-hydroxylation sites is 1.